The zero-order valence-electron chi connectivity index (χ0n) is 17.3. The summed E-state index contributed by atoms with van der Waals surface area (Å²) in [6.07, 6.45) is 0. The first-order chi connectivity index (χ1) is 14.5. The Balaban J connectivity index is 1.99. The zero-order chi connectivity index (χ0) is 21.4. The summed E-state index contributed by atoms with van der Waals surface area (Å²) < 4.78 is 10.5. The van der Waals surface area contributed by atoms with Crippen LogP contribution in [-0.2, 0) is 23.9 Å². The molecule has 4 rings (SSSR count). The molecule has 30 heavy (non-hydrogen) atoms. The molecule has 0 spiro atoms. The highest BCUT2D eigenvalue weighted by molar-refractivity contribution is 6.10. The van der Waals surface area contributed by atoms with Crippen LogP contribution in [0, 0.1) is 11.8 Å². The summed E-state index contributed by atoms with van der Waals surface area (Å²) in [7, 11) is 1.86. The molecule has 2 bridgehead atoms. The molecule has 2 heterocycles. The summed E-state index contributed by atoms with van der Waals surface area (Å²) in [6, 6.07) is 14.5. The molecule has 6 heteroatoms. The van der Waals surface area contributed by atoms with Gasteiger partial charge >= 0.3 is 11.9 Å². The average Bonchev–Trinajstić information content (AvgIpc) is 2.81. The molecule has 0 aliphatic carbocycles. The monoisotopic (exact) mass is 407 g/mol. The Kier molecular flexibility index (Phi) is 5.43. The Morgan fingerprint density at radius 3 is 1.60 bits per heavy atom. The average molecular weight is 407 g/mol. The minimum atomic E-state index is -1.10. The Bertz CT molecular complexity index is 923. The second kappa shape index (κ2) is 8.03. The lowest BCUT2D eigenvalue weighted by Gasteiger charge is -2.45. The van der Waals surface area contributed by atoms with E-state index in [2.05, 4.69) is 0 Å². The third-order valence-corrected chi connectivity index (χ3v) is 6.05. The van der Waals surface area contributed by atoms with Crippen LogP contribution >= 0.6 is 0 Å². The van der Waals surface area contributed by atoms with Crippen LogP contribution in [0.1, 0.15) is 37.1 Å². The van der Waals surface area contributed by atoms with Gasteiger partial charge in [0.1, 0.15) is 11.8 Å². The Hall–Kier alpha value is -2.99. The molecule has 1 saturated heterocycles. The van der Waals surface area contributed by atoms with Crippen molar-refractivity contribution in [3.63, 3.8) is 0 Å². The maximum absolute atomic E-state index is 13.7. The first kappa shape index (κ1) is 20.3. The first-order valence-electron chi connectivity index (χ1n) is 10.3. The lowest BCUT2D eigenvalue weighted by Crippen LogP contribution is -2.54. The summed E-state index contributed by atoms with van der Waals surface area (Å²) in [6.45, 7) is 3.73. The van der Waals surface area contributed by atoms with Crippen molar-refractivity contribution in [2.45, 2.75) is 25.9 Å². The van der Waals surface area contributed by atoms with Crippen molar-refractivity contribution in [3.05, 3.63) is 59.7 Å². The van der Waals surface area contributed by atoms with Crippen LogP contribution in [0.25, 0.3) is 11.1 Å². The van der Waals surface area contributed by atoms with Crippen molar-refractivity contribution in [3.8, 4) is 11.1 Å². The first-order valence-corrected chi connectivity index (χ1v) is 10.3. The number of ketones is 1. The van der Waals surface area contributed by atoms with Crippen LogP contribution in [0.15, 0.2) is 48.5 Å². The molecule has 0 amide bonds. The van der Waals surface area contributed by atoms with Gasteiger partial charge in [-0.15, -0.1) is 0 Å². The number of carbonyl (C=O) groups is 3. The number of carbonyl (C=O) groups excluding carboxylic acids is 3. The van der Waals surface area contributed by atoms with E-state index in [9.17, 15) is 14.4 Å². The predicted octanol–water partition coefficient (Wildman–Crippen LogP) is 3.32. The van der Waals surface area contributed by atoms with Gasteiger partial charge < -0.3 is 9.47 Å². The van der Waals surface area contributed by atoms with Crippen LogP contribution in [0.4, 0.5) is 0 Å². The molecular weight excluding hydrogens is 382 g/mol. The molecule has 0 saturated carbocycles. The number of ether oxygens (including phenoxy) is 2. The maximum Gasteiger partial charge on any atom is 0.318 e. The normalized spacial score (nSPS) is 25.0. The Morgan fingerprint density at radius 2 is 1.20 bits per heavy atom. The summed E-state index contributed by atoms with van der Waals surface area (Å²) >= 11 is 0. The highest BCUT2D eigenvalue weighted by atomic mass is 16.5. The molecule has 0 N–H and O–H groups in total. The molecule has 1 fully saturated rings. The Labute approximate surface area is 175 Å². The Morgan fingerprint density at radius 1 is 0.800 bits per heavy atom. The molecule has 6 nitrogen and oxygen atoms in total. The number of piperidine rings is 1. The van der Waals surface area contributed by atoms with Gasteiger partial charge in [-0.3, -0.25) is 19.3 Å². The van der Waals surface area contributed by atoms with Crippen LogP contribution < -0.4 is 0 Å². The topological polar surface area (TPSA) is 72.9 Å². The van der Waals surface area contributed by atoms with Gasteiger partial charge in [-0.25, -0.2) is 0 Å². The molecule has 0 radical (unpaired) electrons. The number of Topliss-reactive ketones (excluding diaryl/α,β-unsaturated/α-hetero) is 1. The van der Waals surface area contributed by atoms with Gasteiger partial charge in [0.05, 0.1) is 25.3 Å². The van der Waals surface area contributed by atoms with E-state index in [0.29, 0.717) is 0 Å². The standard InChI is InChI=1S/C24H25NO5/c1-4-29-23(27)18-20-16-12-8-6-10-14(16)15-11-7-9-13-17(15)21(25(20)3)19(22(18)26)24(28)30-5-2/h6-13,18-21H,4-5H2,1-3H3/t18-,19+,20+,21-. The number of hydrogen-bond acceptors (Lipinski definition) is 6. The van der Waals surface area contributed by atoms with Gasteiger partial charge in [-0.2, -0.15) is 0 Å². The van der Waals surface area contributed by atoms with Crippen molar-refractivity contribution in [1.82, 2.24) is 4.90 Å². The molecule has 156 valence electrons. The molecule has 2 aliphatic rings. The van der Waals surface area contributed by atoms with Crippen LogP contribution in [-0.4, -0.2) is 42.9 Å². The van der Waals surface area contributed by atoms with Crippen LogP contribution in [0.2, 0.25) is 0 Å². The molecule has 2 aromatic carbocycles. The zero-order valence-corrected chi connectivity index (χ0v) is 17.3. The lowest BCUT2D eigenvalue weighted by atomic mass is 9.74. The van der Waals surface area contributed by atoms with Crippen LogP contribution in [0.5, 0.6) is 0 Å². The second-order valence-electron chi connectivity index (χ2n) is 7.59. The number of benzene rings is 2. The molecule has 2 aliphatic heterocycles. The quantitative estimate of drug-likeness (QED) is 0.572. The minimum absolute atomic E-state index is 0.161. The van der Waals surface area contributed by atoms with E-state index in [1.54, 1.807) is 13.8 Å². The van der Waals surface area contributed by atoms with Gasteiger partial charge in [0, 0.05) is 0 Å². The fourth-order valence-electron chi connectivity index (χ4n) is 4.90. The van der Waals surface area contributed by atoms with Crippen molar-refractivity contribution in [1.29, 1.82) is 0 Å². The van der Waals surface area contributed by atoms with E-state index < -0.39 is 41.6 Å². The highest BCUT2D eigenvalue weighted by Gasteiger charge is 2.56. The third-order valence-electron chi connectivity index (χ3n) is 6.05. The number of esters is 2. The number of fused-ring (bicyclic) bond motifs is 7. The number of nitrogens with zero attached hydrogens (tertiary/aromatic N) is 1. The number of rotatable bonds is 4. The predicted molar refractivity (Wildman–Crippen MR) is 110 cm³/mol. The van der Waals surface area contributed by atoms with Crippen molar-refractivity contribution >= 4 is 17.7 Å². The number of hydrogen-bond donors (Lipinski definition) is 0. The van der Waals surface area contributed by atoms with Gasteiger partial charge in [-0.1, -0.05) is 48.5 Å². The summed E-state index contributed by atoms with van der Waals surface area (Å²) in [5.41, 5.74) is 3.67. The van der Waals surface area contributed by atoms with Crippen molar-refractivity contribution in [2.75, 3.05) is 20.3 Å². The fourth-order valence-corrected chi connectivity index (χ4v) is 4.90. The van der Waals surface area contributed by atoms with Gasteiger partial charge in [-0.05, 0) is 43.1 Å². The smallest absolute Gasteiger partial charge is 0.318 e. The van der Waals surface area contributed by atoms with E-state index in [1.165, 1.54) is 0 Å². The summed E-state index contributed by atoms with van der Waals surface area (Å²) in [5.74, 6) is -3.85. The van der Waals surface area contributed by atoms with E-state index in [0.717, 1.165) is 22.3 Å². The minimum Gasteiger partial charge on any atom is -0.465 e. The molecule has 0 aromatic heterocycles. The summed E-state index contributed by atoms with van der Waals surface area (Å²) in [5, 5.41) is 0. The van der Waals surface area contributed by atoms with Gasteiger partial charge in [0.2, 0.25) is 0 Å². The van der Waals surface area contributed by atoms with Gasteiger partial charge in [0.15, 0.2) is 5.78 Å². The molecule has 2 aromatic rings. The fraction of sp³-hybridized carbons (Fsp3) is 0.375. The van der Waals surface area contributed by atoms with Crippen molar-refractivity contribution < 1.29 is 23.9 Å². The SMILES string of the molecule is CCOC(=O)[C@@H]1C(=O)[C@H](C(=O)OCC)[C@@H]2c3ccccc3-c3ccccc3[C@H]1N2C. The molecule has 4 atom stereocenters. The molecule has 0 unspecified atom stereocenters. The lowest BCUT2D eigenvalue weighted by molar-refractivity contribution is -0.168. The largest absolute Gasteiger partial charge is 0.465 e. The van der Waals surface area contributed by atoms with Crippen molar-refractivity contribution in [2.24, 2.45) is 11.8 Å². The van der Waals surface area contributed by atoms with E-state index >= 15 is 0 Å². The second-order valence-corrected chi connectivity index (χ2v) is 7.59. The van der Waals surface area contributed by atoms with E-state index in [1.807, 2.05) is 60.5 Å². The summed E-state index contributed by atoms with van der Waals surface area (Å²) in [4.78, 5) is 41.5. The maximum atomic E-state index is 13.7. The van der Waals surface area contributed by atoms with Crippen LogP contribution in [0.3, 0.4) is 0 Å². The van der Waals surface area contributed by atoms with Gasteiger partial charge in [0.25, 0.3) is 0 Å². The molecular formula is C24H25NO5. The third kappa shape index (κ3) is 3.03. The van der Waals surface area contributed by atoms with E-state index in [-0.39, 0.29) is 13.2 Å². The van der Waals surface area contributed by atoms with E-state index in [4.69, 9.17) is 9.47 Å². The highest BCUT2D eigenvalue weighted by Crippen LogP contribution is 2.52.